The molecule has 1 fully saturated rings. The molecule has 0 bridgehead atoms. The van der Waals surface area contributed by atoms with Crippen molar-refractivity contribution < 1.29 is 22.8 Å². The number of carbonyl (C=O) groups is 2. The van der Waals surface area contributed by atoms with Crippen LogP contribution in [-0.2, 0) is 9.59 Å². The van der Waals surface area contributed by atoms with Crippen LogP contribution < -0.4 is 5.32 Å². The van der Waals surface area contributed by atoms with E-state index in [1.807, 2.05) is 4.90 Å². The maximum absolute atomic E-state index is 13.2. The lowest BCUT2D eigenvalue weighted by atomic mass is 10.2. The Hall–Kier alpha value is -3.31. The number of aromatic nitrogens is 2. The van der Waals surface area contributed by atoms with E-state index in [0.717, 1.165) is 11.8 Å². The highest BCUT2D eigenvalue weighted by atomic mass is 32.2. The second-order valence-electron chi connectivity index (χ2n) is 7.38. The number of hydrogen-bond acceptors (Lipinski definition) is 7. The number of hydrogen-bond donors (Lipinski definition) is 1. The van der Waals surface area contributed by atoms with Gasteiger partial charge in [0.15, 0.2) is 0 Å². The number of halogens is 2. The predicted molar refractivity (Wildman–Crippen MR) is 118 cm³/mol. The van der Waals surface area contributed by atoms with Crippen molar-refractivity contribution in [3.05, 3.63) is 60.2 Å². The summed E-state index contributed by atoms with van der Waals surface area (Å²) < 4.78 is 31.8. The lowest BCUT2D eigenvalue weighted by Gasteiger charge is -2.34. The van der Waals surface area contributed by atoms with Crippen LogP contribution in [-0.4, -0.2) is 70.3 Å². The molecule has 11 heteroatoms. The van der Waals surface area contributed by atoms with Crippen LogP contribution in [0.1, 0.15) is 0 Å². The van der Waals surface area contributed by atoms with E-state index in [1.165, 1.54) is 30.3 Å². The van der Waals surface area contributed by atoms with E-state index >= 15 is 0 Å². The van der Waals surface area contributed by atoms with E-state index in [9.17, 15) is 18.4 Å². The maximum Gasteiger partial charge on any atom is 0.277 e. The molecule has 2 amide bonds. The van der Waals surface area contributed by atoms with Crippen LogP contribution in [0.15, 0.2) is 58.2 Å². The van der Waals surface area contributed by atoms with Gasteiger partial charge < -0.3 is 14.6 Å². The fourth-order valence-corrected chi connectivity index (χ4v) is 3.98. The van der Waals surface area contributed by atoms with Gasteiger partial charge >= 0.3 is 0 Å². The van der Waals surface area contributed by atoms with E-state index in [2.05, 4.69) is 15.5 Å². The molecule has 0 atom stereocenters. The van der Waals surface area contributed by atoms with Gasteiger partial charge in [-0.1, -0.05) is 17.8 Å². The van der Waals surface area contributed by atoms with E-state index in [-0.39, 0.29) is 41.0 Å². The first-order valence-electron chi connectivity index (χ1n) is 10.2. The molecule has 0 unspecified atom stereocenters. The van der Waals surface area contributed by atoms with Crippen LogP contribution in [0.3, 0.4) is 0 Å². The Bertz CT molecular complexity index is 1120. The minimum absolute atomic E-state index is 0.0644. The molecule has 0 spiro atoms. The third kappa shape index (κ3) is 6.36. The van der Waals surface area contributed by atoms with Gasteiger partial charge in [-0.3, -0.25) is 14.5 Å². The average Bonchev–Trinajstić information content (AvgIpc) is 3.27. The molecule has 2 aromatic carbocycles. The van der Waals surface area contributed by atoms with Crippen LogP contribution in [0.5, 0.6) is 0 Å². The number of benzene rings is 2. The Balaban J connectivity index is 1.19. The minimum Gasteiger partial charge on any atom is -0.411 e. The second-order valence-corrected chi connectivity index (χ2v) is 8.31. The number of nitrogens with zero attached hydrogens (tertiary/aromatic N) is 4. The van der Waals surface area contributed by atoms with Gasteiger partial charge in [-0.25, -0.2) is 8.78 Å². The molecule has 4 rings (SSSR count). The third-order valence-electron chi connectivity index (χ3n) is 5.02. The largest absolute Gasteiger partial charge is 0.411 e. The highest BCUT2D eigenvalue weighted by Gasteiger charge is 2.23. The molecular weight excluding hydrogens is 452 g/mol. The zero-order chi connectivity index (χ0) is 23.2. The molecule has 3 aromatic rings. The molecule has 1 aliphatic rings. The molecule has 1 aliphatic heterocycles. The quantitative estimate of drug-likeness (QED) is 0.528. The Labute approximate surface area is 193 Å². The Morgan fingerprint density at radius 3 is 2.48 bits per heavy atom. The monoisotopic (exact) mass is 473 g/mol. The predicted octanol–water partition coefficient (Wildman–Crippen LogP) is 2.89. The van der Waals surface area contributed by atoms with E-state index in [4.69, 9.17) is 4.42 Å². The molecule has 172 valence electrons. The van der Waals surface area contributed by atoms with Crippen LogP contribution in [0.2, 0.25) is 0 Å². The molecule has 0 saturated carbocycles. The van der Waals surface area contributed by atoms with Crippen molar-refractivity contribution in [2.45, 2.75) is 5.22 Å². The van der Waals surface area contributed by atoms with Gasteiger partial charge in [0.1, 0.15) is 11.6 Å². The molecule has 1 aromatic heterocycles. The second kappa shape index (κ2) is 10.5. The van der Waals surface area contributed by atoms with Gasteiger partial charge in [0.05, 0.1) is 12.3 Å². The number of rotatable bonds is 7. The third-order valence-corrected chi connectivity index (χ3v) is 5.82. The summed E-state index contributed by atoms with van der Waals surface area (Å²) in [5.41, 5.74) is 1.01. The molecule has 1 N–H and O–H groups in total. The fourth-order valence-electron chi connectivity index (χ4n) is 3.32. The van der Waals surface area contributed by atoms with Crippen LogP contribution in [0.25, 0.3) is 11.5 Å². The highest BCUT2D eigenvalue weighted by Crippen LogP contribution is 2.23. The number of anilines is 1. The van der Waals surface area contributed by atoms with E-state index < -0.39 is 5.82 Å². The lowest BCUT2D eigenvalue weighted by molar-refractivity contribution is -0.130. The SMILES string of the molecule is O=C(CN1CCN(C(=O)CSc2nnc(-c3ccc(F)cc3)o2)CC1)Nc1cccc(F)c1. The zero-order valence-corrected chi connectivity index (χ0v) is 18.4. The van der Waals surface area contributed by atoms with Crippen LogP contribution in [0.4, 0.5) is 14.5 Å². The number of piperazine rings is 1. The Morgan fingerprint density at radius 1 is 1.00 bits per heavy atom. The first-order valence-corrected chi connectivity index (χ1v) is 11.2. The number of carbonyl (C=O) groups excluding carboxylic acids is 2. The Morgan fingerprint density at radius 2 is 1.76 bits per heavy atom. The van der Waals surface area contributed by atoms with Gasteiger partial charge in [-0.2, -0.15) is 0 Å². The van der Waals surface area contributed by atoms with Gasteiger partial charge in [-0.15, -0.1) is 10.2 Å². The molecule has 8 nitrogen and oxygen atoms in total. The van der Waals surface area contributed by atoms with Crippen molar-refractivity contribution >= 4 is 29.3 Å². The number of amides is 2. The summed E-state index contributed by atoms with van der Waals surface area (Å²) in [7, 11) is 0. The molecule has 0 radical (unpaired) electrons. The summed E-state index contributed by atoms with van der Waals surface area (Å²) >= 11 is 1.14. The molecule has 1 saturated heterocycles. The summed E-state index contributed by atoms with van der Waals surface area (Å²) in [4.78, 5) is 28.4. The van der Waals surface area contributed by atoms with Gasteiger partial charge in [0.2, 0.25) is 17.7 Å². The first-order chi connectivity index (χ1) is 16.0. The summed E-state index contributed by atoms with van der Waals surface area (Å²) in [6, 6.07) is 11.4. The maximum atomic E-state index is 13.2. The topological polar surface area (TPSA) is 91.6 Å². The number of thioether (sulfide) groups is 1. The van der Waals surface area contributed by atoms with Crippen LogP contribution in [0, 0.1) is 11.6 Å². The number of nitrogens with one attached hydrogen (secondary N) is 1. The zero-order valence-electron chi connectivity index (χ0n) is 17.5. The summed E-state index contributed by atoms with van der Waals surface area (Å²) in [5.74, 6) is -0.661. The van der Waals surface area contributed by atoms with E-state index in [1.54, 1.807) is 23.1 Å². The van der Waals surface area contributed by atoms with E-state index in [0.29, 0.717) is 37.4 Å². The normalized spacial score (nSPS) is 14.3. The van der Waals surface area contributed by atoms with Crippen molar-refractivity contribution in [1.29, 1.82) is 0 Å². The fraction of sp³-hybridized carbons (Fsp3) is 0.273. The van der Waals surface area contributed by atoms with Gasteiger partial charge in [0, 0.05) is 37.4 Å². The van der Waals surface area contributed by atoms with Gasteiger partial charge in [0.25, 0.3) is 5.22 Å². The highest BCUT2D eigenvalue weighted by molar-refractivity contribution is 7.99. The Kier molecular flexibility index (Phi) is 7.30. The minimum atomic E-state index is -0.412. The van der Waals surface area contributed by atoms with Crippen LogP contribution >= 0.6 is 11.8 Å². The molecular formula is C22H21F2N5O3S. The standard InChI is InChI=1S/C22H21F2N5O3S/c23-16-6-4-15(5-7-16)21-26-27-22(32-21)33-14-20(31)29-10-8-28(9-11-29)13-19(30)25-18-3-1-2-17(24)12-18/h1-7,12H,8-11,13-14H2,(H,25,30). The average molecular weight is 474 g/mol. The molecule has 0 aliphatic carbocycles. The first kappa shape index (κ1) is 22.9. The summed E-state index contributed by atoms with van der Waals surface area (Å²) in [6.45, 7) is 2.28. The molecule has 2 heterocycles. The summed E-state index contributed by atoms with van der Waals surface area (Å²) in [6.07, 6.45) is 0. The smallest absolute Gasteiger partial charge is 0.277 e. The lowest BCUT2D eigenvalue weighted by Crippen LogP contribution is -2.50. The summed E-state index contributed by atoms with van der Waals surface area (Å²) in [5, 5.41) is 10.8. The van der Waals surface area contributed by atoms with Crippen molar-refractivity contribution in [2.24, 2.45) is 0 Å². The van der Waals surface area contributed by atoms with Crippen molar-refractivity contribution in [3.8, 4) is 11.5 Å². The van der Waals surface area contributed by atoms with Crippen molar-refractivity contribution in [1.82, 2.24) is 20.0 Å². The van der Waals surface area contributed by atoms with Gasteiger partial charge in [-0.05, 0) is 42.5 Å². The molecule has 33 heavy (non-hydrogen) atoms. The van der Waals surface area contributed by atoms with Crippen molar-refractivity contribution in [2.75, 3.05) is 43.8 Å². The van der Waals surface area contributed by atoms with Crippen molar-refractivity contribution in [3.63, 3.8) is 0 Å².